The van der Waals surface area contributed by atoms with Gasteiger partial charge >= 0.3 is 0 Å². The molecule has 0 radical (unpaired) electrons. The van der Waals surface area contributed by atoms with Crippen molar-refractivity contribution in [2.24, 2.45) is 11.8 Å². The van der Waals surface area contributed by atoms with Gasteiger partial charge < -0.3 is 5.32 Å². The smallest absolute Gasteiger partial charge is 0.0126 e. The summed E-state index contributed by atoms with van der Waals surface area (Å²) in [6.45, 7) is 0. The summed E-state index contributed by atoms with van der Waals surface area (Å²) >= 11 is 0. The van der Waals surface area contributed by atoms with E-state index in [4.69, 9.17) is 0 Å². The molecule has 1 atom stereocenters. The van der Waals surface area contributed by atoms with E-state index >= 15 is 0 Å². The minimum atomic E-state index is 0.742. The average Bonchev–Trinajstić information content (AvgIpc) is 3.29. The topological polar surface area (TPSA) is 12.0 Å². The van der Waals surface area contributed by atoms with Crippen molar-refractivity contribution in [2.75, 3.05) is 0 Å². The molecule has 2 fully saturated rings. The quantitative estimate of drug-likeness (QED) is 0.852. The van der Waals surface area contributed by atoms with E-state index in [1.54, 1.807) is 11.1 Å². The van der Waals surface area contributed by atoms with Crippen LogP contribution in [-0.4, -0.2) is 12.1 Å². The van der Waals surface area contributed by atoms with Gasteiger partial charge in [0.15, 0.2) is 0 Å². The maximum absolute atomic E-state index is 4.02. The number of fused-ring (bicyclic) bond motifs is 1. The van der Waals surface area contributed by atoms with Crippen molar-refractivity contribution in [2.45, 2.75) is 57.0 Å². The van der Waals surface area contributed by atoms with Gasteiger partial charge in [-0.05, 0) is 67.9 Å². The minimum absolute atomic E-state index is 0.742. The summed E-state index contributed by atoms with van der Waals surface area (Å²) in [5.74, 6) is 2.05. The first-order valence-corrected chi connectivity index (χ1v) is 7.73. The highest BCUT2D eigenvalue weighted by atomic mass is 15.0. The Morgan fingerprint density at radius 1 is 0.889 bits per heavy atom. The number of hydrogen-bond acceptors (Lipinski definition) is 1. The van der Waals surface area contributed by atoms with Crippen molar-refractivity contribution >= 4 is 0 Å². The van der Waals surface area contributed by atoms with E-state index in [-0.39, 0.29) is 0 Å². The fraction of sp³-hybridized carbons (Fsp3) is 0.647. The highest BCUT2D eigenvalue weighted by molar-refractivity contribution is 5.30. The molecule has 1 N–H and O–H groups in total. The molecule has 0 amide bonds. The Hall–Kier alpha value is -0.820. The third-order valence-electron chi connectivity index (χ3n) is 5.03. The van der Waals surface area contributed by atoms with Crippen LogP contribution in [0.2, 0.25) is 0 Å². The van der Waals surface area contributed by atoms with Crippen LogP contribution in [0.4, 0.5) is 0 Å². The summed E-state index contributed by atoms with van der Waals surface area (Å²) in [6.07, 6.45) is 9.80. The van der Waals surface area contributed by atoms with Crippen LogP contribution in [-0.2, 0) is 12.8 Å². The molecule has 3 aliphatic carbocycles. The van der Waals surface area contributed by atoms with Crippen LogP contribution < -0.4 is 5.32 Å². The molecule has 0 heterocycles. The zero-order chi connectivity index (χ0) is 11.9. The van der Waals surface area contributed by atoms with Gasteiger partial charge in [-0.1, -0.05) is 24.3 Å². The van der Waals surface area contributed by atoms with Gasteiger partial charge in [0.2, 0.25) is 0 Å². The zero-order valence-corrected chi connectivity index (χ0v) is 11.1. The molecule has 3 aliphatic rings. The summed E-state index contributed by atoms with van der Waals surface area (Å²) < 4.78 is 0. The normalized spacial score (nSPS) is 27.3. The fourth-order valence-electron chi connectivity index (χ4n) is 3.68. The molecule has 0 spiro atoms. The van der Waals surface area contributed by atoms with E-state index < -0.39 is 0 Å². The van der Waals surface area contributed by atoms with E-state index in [9.17, 15) is 0 Å². The van der Waals surface area contributed by atoms with E-state index in [1.165, 1.54) is 44.9 Å². The molecule has 2 saturated carbocycles. The van der Waals surface area contributed by atoms with E-state index in [0.717, 1.165) is 23.9 Å². The van der Waals surface area contributed by atoms with Crippen LogP contribution in [0.1, 0.15) is 43.2 Å². The van der Waals surface area contributed by atoms with Crippen LogP contribution in [0.5, 0.6) is 0 Å². The maximum Gasteiger partial charge on any atom is 0.0126 e. The molecule has 18 heavy (non-hydrogen) atoms. The Morgan fingerprint density at radius 2 is 1.56 bits per heavy atom. The molecule has 0 aliphatic heterocycles. The highest BCUT2D eigenvalue weighted by Gasteiger charge is 2.42. The van der Waals surface area contributed by atoms with Crippen LogP contribution in [0.25, 0.3) is 0 Å². The molecule has 0 aromatic heterocycles. The van der Waals surface area contributed by atoms with Gasteiger partial charge in [-0.15, -0.1) is 0 Å². The summed E-state index contributed by atoms with van der Waals surface area (Å²) in [7, 11) is 0. The van der Waals surface area contributed by atoms with Crippen molar-refractivity contribution in [1.82, 2.24) is 5.32 Å². The van der Waals surface area contributed by atoms with Gasteiger partial charge in [0, 0.05) is 12.1 Å². The molecular weight excluding hydrogens is 218 g/mol. The SMILES string of the molecule is c1ccc2c(c1)CCC(NC(C1CC1)C1CC1)C2. The lowest BCUT2D eigenvalue weighted by molar-refractivity contribution is 0.339. The molecule has 1 aromatic carbocycles. The third kappa shape index (κ3) is 2.21. The Morgan fingerprint density at radius 3 is 2.22 bits per heavy atom. The van der Waals surface area contributed by atoms with Gasteiger partial charge in [-0.25, -0.2) is 0 Å². The summed E-state index contributed by atoms with van der Waals surface area (Å²) in [5, 5.41) is 4.02. The van der Waals surface area contributed by atoms with Crippen LogP contribution in [0, 0.1) is 11.8 Å². The molecule has 0 bridgehead atoms. The van der Waals surface area contributed by atoms with Gasteiger partial charge in [-0.2, -0.15) is 0 Å². The van der Waals surface area contributed by atoms with Gasteiger partial charge in [0.05, 0.1) is 0 Å². The predicted molar refractivity (Wildman–Crippen MR) is 74.6 cm³/mol. The number of benzene rings is 1. The largest absolute Gasteiger partial charge is 0.310 e. The summed E-state index contributed by atoms with van der Waals surface area (Å²) in [4.78, 5) is 0. The molecule has 1 heteroatoms. The Balaban J connectivity index is 1.44. The molecule has 1 nitrogen and oxygen atoms in total. The average molecular weight is 241 g/mol. The number of rotatable bonds is 4. The lowest BCUT2D eigenvalue weighted by Crippen LogP contribution is -2.43. The van der Waals surface area contributed by atoms with Crippen molar-refractivity contribution in [3.8, 4) is 0 Å². The number of hydrogen-bond donors (Lipinski definition) is 1. The van der Waals surface area contributed by atoms with Crippen molar-refractivity contribution < 1.29 is 0 Å². The molecule has 1 aromatic rings. The second-order valence-corrected chi connectivity index (χ2v) is 6.58. The molecule has 0 saturated heterocycles. The van der Waals surface area contributed by atoms with Crippen LogP contribution in [0.15, 0.2) is 24.3 Å². The highest BCUT2D eigenvalue weighted by Crippen LogP contribution is 2.45. The Kier molecular flexibility index (Phi) is 2.69. The van der Waals surface area contributed by atoms with Gasteiger partial charge in [0.1, 0.15) is 0 Å². The Labute approximate surface area is 110 Å². The number of aryl methyl sites for hydroxylation is 1. The zero-order valence-electron chi connectivity index (χ0n) is 11.1. The number of nitrogens with one attached hydrogen (secondary N) is 1. The van der Waals surface area contributed by atoms with Crippen molar-refractivity contribution in [1.29, 1.82) is 0 Å². The van der Waals surface area contributed by atoms with Crippen molar-refractivity contribution in [3.05, 3.63) is 35.4 Å². The second-order valence-electron chi connectivity index (χ2n) is 6.58. The standard InChI is InChI=1S/C17H23N/c1-2-4-15-11-16(10-9-12(15)3-1)18-17(13-5-6-13)14-7-8-14/h1-4,13-14,16-18H,5-11H2. The monoisotopic (exact) mass is 241 g/mol. The van der Waals surface area contributed by atoms with E-state index in [1.807, 2.05) is 0 Å². The fourth-order valence-corrected chi connectivity index (χ4v) is 3.68. The molecule has 96 valence electrons. The van der Waals surface area contributed by atoms with E-state index in [0.29, 0.717) is 0 Å². The maximum atomic E-state index is 4.02. The first kappa shape index (κ1) is 11.0. The predicted octanol–water partition coefficient (Wildman–Crippen LogP) is 3.32. The minimum Gasteiger partial charge on any atom is -0.310 e. The summed E-state index contributed by atoms with van der Waals surface area (Å²) in [5.41, 5.74) is 3.18. The Bertz CT molecular complexity index is 419. The van der Waals surface area contributed by atoms with Gasteiger partial charge in [0.25, 0.3) is 0 Å². The first-order valence-electron chi connectivity index (χ1n) is 7.73. The second kappa shape index (κ2) is 4.38. The lowest BCUT2D eigenvalue weighted by atomic mass is 9.87. The molecule has 1 unspecified atom stereocenters. The van der Waals surface area contributed by atoms with Crippen molar-refractivity contribution in [3.63, 3.8) is 0 Å². The third-order valence-corrected chi connectivity index (χ3v) is 5.03. The van der Waals surface area contributed by atoms with Crippen LogP contribution in [0.3, 0.4) is 0 Å². The molecular formula is C17H23N. The lowest BCUT2D eigenvalue weighted by Gasteiger charge is -2.30. The molecule has 4 rings (SSSR count). The van der Waals surface area contributed by atoms with Crippen LogP contribution >= 0.6 is 0 Å². The van der Waals surface area contributed by atoms with Gasteiger partial charge in [-0.3, -0.25) is 0 Å². The summed E-state index contributed by atoms with van der Waals surface area (Å²) in [6, 6.07) is 10.6. The van der Waals surface area contributed by atoms with E-state index in [2.05, 4.69) is 29.6 Å². The first-order chi connectivity index (χ1) is 8.90.